The van der Waals surface area contributed by atoms with Crippen LogP contribution in [0.5, 0.6) is 0 Å². The number of benzene rings is 4. The topological polar surface area (TPSA) is 0 Å². The molecule has 0 atom stereocenters. The molecular formula is C24H24S6. The van der Waals surface area contributed by atoms with Crippen molar-refractivity contribution in [3.05, 3.63) is 36.4 Å². The van der Waals surface area contributed by atoms with Crippen molar-refractivity contribution >= 4 is 103 Å². The SMILES string of the molecule is CSc1cc2c3cc(SC)c(SC)cc3c3cc(SC)c(SC)cc3c2cc1SC. The standard InChI is InChI=1S/C24H24S6/c1-25-19-7-13-14(8-20(19)26-2)16-10-22(28-4)24(30-6)12-18(16)17-11-23(29-5)21(27-3)9-15(13)17/h7-12H,1-6H3. The van der Waals surface area contributed by atoms with E-state index in [0.29, 0.717) is 0 Å². The van der Waals surface area contributed by atoms with E-state index in [9.17, 15) is 0 Å². The van der Waals surface area contributed by atoms with Crippen molar-refractivity contribution in [1.29, 1.82) is 0 Å². The Morgan fingerprint density at radius 2 is 0.433 bits per heavy atom. The molecule has 0 aliphatic carbocycles. The molecule has 0 spiro atoms. The molecule has 0 N–H and O–H groups in total. The van der Waals surface area contributed by atoms with Gasteiger partial charge in [-0.1, -0.05) is 0 Å². The second kappa shape index (κ2) is 9.72. The monoisotopic (exact) mass is 504 g/mol. The number of hydrogen-bond acceptors (Lipinski definition) is 6. The highest BCUT2D eigenvalue weighted by atomic mass is 32.2. The molecule has 0 unspecified atom stereocenters. The van der Waals surface area contributed by atoms with Gasteiger partial charge < -0.3 is 0 Å². The van der Waals surface area contributed by atoms with Crippen LogP contribution in [0.4, 0.5) is 0 Å². The van der Waals surface area contributed by atoms with Crippen molar-refractivity contribution < 1.29 is 0 Å². The zero-order valence-corrected chi connectivity index (χ0v) is 22.8. The first kappa shape index (κ1) is 22.9. The number of hydrogen-bond donors (Lipinski definition) is 0. The van der Waals surface area contributed by atoms with Crippen molar-refractivity contribution in [2.75, 3.05) is 37.5 Å². The lowest BCUT2D eigenvalue weighted by Crippen LogP contribution is -1.90. The molecule has 0 amide bonds. The van der Waals surface area contributed by atoms with Crippen LogP contribution in [0.2, 0.25) is 0 Å². The van der Waals surface area contributed by atoms with E-state index in [4.69, 9.17) is 0 Å². The van der Waals surface area contributed by atoms with E-state index in [2.05, 4.69) is 73.9 Å². The zero-order chi connectivity index (χ0) is 21.4. The third kappa shape index (κ3) is 3.86. The van der Waals surface area contributed by atoms with Crippen molar-refractivity contribution in [2.24, 2.45) is 0 Å². The molecule has 0 bridgehead atoms. The second-order valence-corrected chi connectivity index (χ2v) is 11.8. The van der Waals surface area contributed by atoms with Crippen LogP contribution in [0, 0.1) is 0 Å². The summed E-state index contributed by atoms with van der Waals surface area (Å²) < 4.78 is 0. The fourth-order valence-corrected chi connectivity index (χ4v) is 8.45. The van der Waals surface area contributed by atoms with Crippen molar-refractivity contribution in [1.82, 2.24) is 0 Å². The van der Waals surface area contributed by atoms with Gasteiger partial charge in [0.25, 0.3) is 0 Å². The Balaban J connectivity index is 2.29. The Bertz CT molecular complexity index is 979. The second-order valence-electron chi connectivity index (χ2n) is 6.76. The van der Waals surface area contributed by atoms with Gasteiger partial charge in [-0.15, -0.1) is 70.6 Å². The minimum Gasteiger partial charge on any atom is -0.128 e. The Kier molecular flexibility index (Phi) is 7.43. The summed E-state index contributed by atoms with van der Waals surface area (Å²) in [5, 5.41) is 8.20. The summed E-state index contributed by atoms with van der Waals surface area (Å²) in [7, 11) is 0. The molecule has 0 aliphatic heterocycles. The quantitative estimate of drug-likeness (QED) is 0.188. The minimum atomic E-state index is 1.36. The van der Waals surface area contributed by atoms with Gasteiger partial charge in [-0.2, -0.15) is 0 Å². The molecule has 0 aliphatic rings. The van der Waals surface area contributed by atoms with E-state index >= 15 is 0 Å². The van der Waals surface area contributed by atoms with Crippen LogP contribution >= 0.6 is 70.6 Å². The van der Waals surface area contributed by atoms with E-state index in [0.717, 1.165) is 0 Å². The van der Waals surface area contributed by atoms with E-state index in [1.165, 1.54) is 61.7 Å². The molecule has 30 heavy (non-hydrogen) atoms. The van der Waals surface area contributed by atoms with E-state index in [-0.39, 0.29) is 0 Å². The van der Waals surface area contributed by atoms with Crippen LogP contribution in [0.25, 0.3) is 32.3 Å². The van der Waals surface area contributed by atoms with Crippen LogP contribution in [0.3, 0.4) is 0 Å². The van der Waals surface area contributed by atoms with Gasteiger partial charge >= 0.3 is 0 Å². The minimum absolute atomic E-state index is 1.36. The third-order valence-corrected chi connectivity index (χ3v) is 10.5. The summed E-state index contributed by atoms with van der Waals surface area (Å²) in [6.45, 7) is 0. The van der Waals surface area contributed by atoms with Crippen molar-refractivity contribution in [2.45, 2.75) is 29.4 Å². The van der Waals surface area contributed by atoms with Gasteiger partial charge in [0, 0.05) is 29.4 Å². The van der Waals surface area contributed by atoms with Crippen molar-refractivity contribution in [3.8, 4) is 0 Å². The lowest BCUT2D eigenvalue weighted by Gasteiger charge is -2.17. The maximum absolute atomic E-state index is 2.41. The Morgan fingerprint density at radius 3 is 0.533 bits per heavy atom. The highest BCUT2D eigenvalue weighted by Gasteiger charge is 2.16. The van der Waals surface area contributed by atoms with E-state index in [1.807, 2.05) is 70.6 Å². The molecule has 0 heterocycles. The molecule has 0 nitrogen and oxygen atoms in total. The normalized spacial score (nSPS) is 11.8. The zero-order valence-electron chi connectivity index (χ0n) is 17.9. The molecule has 0 aromatic heterocycles. The molecule has 0 radical (unpaired) electrons. The summed E-state index contributed by atoms with van der Waals surface area (Å²) in [6, 6.07) is 14.5. The van der Waals surface area contributed by atoms with Crippen LogP contribution in [0.1, 0.15) is 0 Å². The number of fused-ring (bicyclic) bond motifs is 6. The first-order valence-electron chi connectivity index (χ1n) is 9.39. The molecule has 4 rings (SSSR count). The first-order chi connectivity index (χ1) is 14.6. The maximum atomic E-state index is 2.41. The Hall–Kier alpha value is -0.240. The van der Waals surface area contributed by atoms with Gasteiger partial charge in [0.2, 0.25) is 0 Å². The van der Waals surface area contributed by atoms with E-state index < -0.39 is 0 Å². The Morgan fingerprint density at radius 1 is 0.300 bits per heavy atom. The average Bonchev–Trinajstić information content (AvgIpc) is 2.81. The third-order valence-electron chi connectivity index (χ3n) is 5.44. The summed E-state index contributed by atoms with van der Waals surface area (Å²) >= 11 is 11.1. The number of rotatable bonds is 6. The predicted molar refractivity (Wildman–Crippen MR) is 150 cm³/mol. The van der Waals surface area contributed by atoms with Crippen LogP contribution in [-0.2, 0) is 0 Å². The predicted octanol–water partition coefficient (Wildman–Crippen LogP) is 9.48. The summed E-state index contributed by atoms with van der Waals surface area (Å²) in [4.78, 5) is 8.17. The molecule has 4 aromatic carbocycles. The van der Waals surface area contributed by atoms with Gasteiger partial charge in [0.15, 0.2) is 0 Å². The lowest BCUT2D eigenvalue weighted by molar-refractivity contribution is 1.27. The lowest BCUT2D eigenvalue weighted by atomic mass is 9.94. The molecular weight excluding hydrogens is 481 g/mol. The smallest absolute Gasteiger partial charge is 0.0212 e. The fourth-order valence-electron chi connectivity index (χ4n) is 3.97. The van der Waals surface area contributed by atoms with Gasteiger partial charge in [-0.05, 0) is 106 Å². The van der Waals surface area contributed by atoms with Crippen LogP contribution in [-0.4, -0.2) is 37.5 Å². The van der Waals surface area contributed by atoms with Crippen LogP contribution in [0.15, 0.2) is 65.8 Å². The summed E-state index contributed by atoms with van der Waals surface area (Å²) in [6.07, 6.45) is 13.1. The van der Waals surface area contributed by atoms with Crippen molar-refractivity contribution in [3.63, 3.8) is 0 Å². The molecule has 156 valence electrons. The summed E-state index contributed by atoms with van der Waals surface area (Å²) in [5.74, 6) is 0. The average molecular weight is 505 g/mol. The largest absolute Gasteiger partial charge is 0.128 e. The number of thioether (sulfide) groups is 6. The van der Waals surface area contributed by atoms with E-state index in [1.54, 1.807) is 0 Å². The van der Waals surface area contributed by atoms with Gasteiger partial charge in [0.05, 0.1) is 0 Å². The molecule has 0 fully saturated rings. The van der Waals surface area contributed by atoms with Gasteiger partial charge in [0.1, 0.15) is 0 Å². The summed E-state index contributed by atoms with van der Waals surface area (Å²) in [5.41, 5.74) is 0. The van der Waals surface area contributed by atoms with Gasteiger partial charge in [-0.3, -0.25) is 0 Å². The highest BCUT2D eigenvalue weighted by Crippen LogP contribution is 2.45. The first-order valence-corrected chi connectivity index (χ1v) is 16.7. The highest BCUT2D eigenvalue weighted by molar-refractivity contribution is 8.02. The molecule has 0 saturated heterocycles. The maximum Gasteiger partial charge on any atom is 0.0212 e. The molecule has 0 saturated carbocycles. The van der Waals surface area contributed by atoms with Crippen LogP contribution < -0.4 is 0 Å². The van der Waals surface area contributed by atoms with Gasteiger partial charge in [-0.25, -0.2) is 0 Å². The molecule has 6 heteroatoms. The molecule has 4 aromatic rings. The Labute approximate surface area is 204 Å². The fraction of sp³-hybridized carbons (Fsp3) is 0.250.